The number of hydrogen-bond donors (Lipinski definition) is 0. The third kappa shape index (κ3) is 1.77. The van der Waals surface area contributed by atoms with Gasteiger partial charge < -0.3 is 4.90 Å². The highest BCUT2D eigenvalue weighted by Gasteiger charge is 2.35. The van der Waals surface area contributed by atoms with E-state index in [1.165, 1.54) is 12.1 Å². The molecule has 90 valence electrons. The third-order valence-corrected chi connectivity index (χ3v) is 3.15. The molecule has 0 saturated carbocycles. The maximum Gasteiger partial charge on any atom is 0.270 e. The van der Waals surface area contributed by atoms with Gasteiger partial charge in [-0.05, 0) is 5.56 Å². The van der Waals surface area contributed by atoms with E-state index in [0.717, 1.165) is 5.56 Å². The van der Waals surface area contributed by atoms with Gasteiger partial charge in [0, 0.05) is 31.1 Å². The maximum absolute atomic E-state index is 12.0. The highest BCUT2D eigenvalue weighted by atomic mass is 16.6. The Morgan fingerprint density at radius 1 is 1.41 bits per heavy atom. The van der Waals surface area contributed by atoms with E-state index in [4.69, 9.17) is 0 Å². The predicted octanol–water partition coefficient (Wildman–Crippen LogP) is 1.96. The third-order valence-electron chi connectivity index (χ3n) is 3.15. The smallest absolute Gasteiger partial charge is 0.270 e. The first-order valence-corrected chi connectivity index (χ1v) is 5.37. The molecule has 0 radical (unpaired) electrons. The number of hydrogen-bond acceptors (Lipinski definition) is 3. The molecule has 5 nitrogen and oxygen atoms in total. The summed E-state index contributed by atoms with van der Waals surface area (Å²) in [7, 11) is 1.71. The Labute approximate surface area is 99.2 Å². The van der Waals surface area contributed by atoms with Crippen molar-refractivity contribution in [2.24, 2.45) is 0 Å². The molecule has 0 N–H and O–H groups in total. The molecule has 0 aliphatic carbocycles. The van der Waals surface area contributed by atoms with Gasteiger partial charge >= 0.3 is 0 Å². The van der Waals surface area contributed by atoms with Crippen LogP contribution in [0, 0.1) is 10.1 Å². The van der Waals surface area contributed by atoms with E-state index in [9.17, 15) is 14.9 Å². The highest BCUT2D eigenvalue weighted by molar-refractivity contribution is 5.97. The number of nitro groups is 1. The largest absolute Gasteiger partial charge is 0.341 e. The van der Waals surface area contributed by atoms with Crippen molar-refractivity contribution in [3.8, 4) is 0 Å². The van der Waals surface area contributed by atoms with Crippen molar-refractivity contribution < 1.29 is 9.72 Å². The van der Waals surface area contributed by atoms with Crippen LogP contribution in [-0.4, -0.2) is 29.3 Å². The zero-order valence-electron chi connectivity index (χ0n) is 10.1. The normalized spacial score (nSPS) is 17.8. The summed E-state index contributed by atoms with van der Waals surface area (Å²) in [4.78, 5) is 23.8. The van der Waals surface area contributed by atoms with E-state index in [1.54, 1.807) is 18.0 Å². The number of likely N-dealkylation sites (N-methyl/N-ethyl adjacent to an activating group) is 1. The van der Waals surface area contributed by atoms with Crippen molar-refractivity contribution in [1.29, 1.82) is 0 Å². The summed E-state index contributed by atoms with van der Waals surface area (Å²) in [5, 5.41) is 10.7. The number of non-ortho nitro benzene ring substituents is 1. The predicted molar refractivity (Wildman–Crippen MR) is 63.1 cm³/mol. The lowest BCUT2D eigenvalue weighted by Crippen LogP contribution is -2.44. The first-order chi connectivity index (χ1) is 7.83. The Kier molecular flexibility index (Phi) is 2.41. The van der Waals surface area contributed by atoms with Gasteiger partial charge in [-0.15, -0.1) is 0 Å². The second-order valence-corrected chi connectivity index (χ2v) is 5.03. The first-order valence-electron chi connectivity index (χ1n) is 5.37. The number of nitrogens with zero attached hydrogens (tertiary/aromatic N) is 2. The molecule has 0 unspecified atom stereocenters. The van der Waals surface area contributed by atoms with Crippen molar-refractivity contribution in [3.63, 3.8) is 0 Å². The fourth-order valence-electron chi connectivity index (χ4n) is 2.37. The summed E-state index contributed by atoms with van der Waals surface area (Å²) < 4.78 is 0. The molecule has 1 aliphatic rings. The summed E-state index contributed by atoms with van der Waals surface area (Å²) >= 11 is 0. The van der Waals surface area contributed by atoms with Gasteiger partial charge in [-0.2, -0.15) is 0 Å². The highest BCUT2D eigenvalue weighted by Crippen LogP contribution is 2.34. The molecule has 2 rings (SSSR count). The van der Waals surface area contributed by atoms with E-state index >= 15 is 0 Å². The molecule has 1 aromatic rings. The van der Waals surface area contributed by atoms with E-state index in [-0.39, 0.29) is 17.0 Å². The SMILES string of the molecule is CN1CC(C)(C)c2ccc([N+](=O)[O-])cc2C1=O. The number of rotatable bonds is 1. The van der Waals surface area contributed by atoms with Crippen LogP contribution >= 0.6 is 0 Å². The number of carbonyl (C=O) groups is 1. The summed E-state index contributed by atoms with van der Waals surface area (Å²) in [6, 6.07) is 4.52. The number of nitro benzene ring substituents is 1. The number of carbonyl (C=O) groups excluding carboxylic acids is 1. The van der Waals surface area contributed by atoms with Crippen LogP contribution < -0.4 is 0 Å². The Morgan fingerprint density at radius 3 is 2.65 bits per heavy atom. The molecule has 0 aromatic heterocycles. The van der Waals surface area contributed by atoms with Gasteiger partial charge in [-0.3, -0.25) is 14.9 Å². The van der Waals surface area contributed by atoms with Crippen LogP contribution in [0.4, 0.5) is 5.69 Å². The number of amides is 1. The number of fused-ring (bicyclic) bond motifs is 1. The van der Waals surface area contributed by atoms with Gasteiger partial charge in [0.2, 0.25) is 0 Å². The van der Waals surface area contributed by atoms with Crippen LogP contribution in [0.25, 0.3) is 0 Å². The molecule has 1 aromatic carbocycles. The van der Waals surface area contributed by atoms with Gasteiger partial charge in [0.15, 0.2) is 0 Å². The lowest BCUT2D eigenvalue weighted by molar-refractivity contribution is -0.384. The van der Waals surface area contributed by atoms with Crippen LogP contribution in [0.5, 0.6) is 0 Å². The van der Waals surface area contributed by atoms with Gasteiger partial charge in [0.1, 0.15) is 0 Å². The second-order valence-electron chi connectivity index (χ2n) is 5.03. The monoisotopic (exact) mass is 234 g/mol. The average Bonchev–Trinajstić information content (AvgIpc) is 2.25. The van der Waals surface area contributed by atoms with E-state index < -0.39 is 4.92 Å². The van der Waals surface area contributed by atoms with Crippen LogP contribution in [-0.2, 0) is 5.41 Å². The lowest BCUT2D eigenvalue weighted by atomic mass is 9.78. The standard InChI is InChI=1S/C12H14N2O3/c1-12(2)7-13(3)11(15)9-6-8(14(16)17)4-5-10(9)12/h4-6H,7H2,1-3H3. The maximum atomic E-state index is 12.0. The van der Waals surface area contributed by atoms with Gasteiger partial charge in [-0.25, -0.2) is 0 Å². The van der Waals surface area contributed by atoms with Gasteiger partial charge in [0.05, 0.1) is 10.5 Å². The molecule has 1 aliphatic heterocycles. The first kappa shape index (κ1) is 11.6. The van der Waals surface area contributed by atoms with Crippen molar-refractivity contribution in [1.82, 2.24) is 4.90 Å². The molecule has 0 spiro atoms. The van der Waals surface area contributed by atoms with Crippen molar-refractivity contribution in [2.75, 3.05) is 13.6 Å². The molecule has 0 atom stereocenters. The number of benzene rings is 1. The van der Waals surface area contributed by atoms with Crippen LogP contribution in [0.1, 0.15) is 29.8 Å². The van der Waals surface area contributed by atoms with Gasteiger partial charge in [0.25, 0.3) is 11.6 Å². The molecule has 17 heavy (non-hydrogen) atoms. The van der Waals surface area contributed by atoms with E-state index in [2.05, 4.69) is 0 Å². The van der Waals surface area contributed by atoms with Crippen LogP contribution in [0.15, 0.2) is 18.2 Å². The minimum Gasteiger partial charge on any atom is -0.341 e. The minimum atomic E-state index is -0.477. The molecule has 5 heteroatoms. The molecule has 0 saturated heterocycles. The van der Waals surface area contributed by atoms with E-state index in [1.807, 2.05) is 13.8 Å². The summed E-state index contributed by atoms with van der Waals surface area (Å²) in [6.45, 7) is 4.68. The van der Waals surface area contributed by atoms with E-state index in [0.29, 0.717) is 12.1 Å². The van der Waals surface area contributed by atoms with Crippen LogP contribution in [0.2, 0.25) is 0 Å². The zero-order chi connectivity index (χ0) is 12.8. The molecular formula is C12H14N2O3. The Morgan fingerprint density at radius 2 is 2.06 bits per heavy atom. The molecule has 0 fully saturated rings. The minimum absolute atomic E-state index is 0.0387. The average molecular weight is 234 g/mol. The van der Waals surface area contributed by atoms with Crippen LogP contribution in [0.3, 0.4) is 0 Å². The van der Waals surface area contributed by atoms with Gasteiger partial charge in [-0.1, -0.05) is 19.9 Å². The fourth-order valence-corrected chi connectivity index (χ4v) is 2.37. The topological polar surface area (TPSA) is 63.4 Å². The summed E-state index contributed by atoms with van der Waals surface area (Å²) in [5.74, 6) is -0.150. The summed E-state index contributed by atoms with van der Waals surface area (Å²) in [6.07, 6.45) is 0. The molecule has 0 bridgehead atoms. The second kappa shape index (κ2) is 3.55. The Balaban J connectivity index is 2.63. The van der Waals surface area contributed by atoms with Crippen molar-refractivity contribution in [3.05, 3.63) is 39.4 Å². The molecular weight excluding hydrogens is 220 g/mol. The quantitative estimate of drug-likeness (QED) is 0.551. The van der Waals surface area contributed by atoms with Crippen molar-refractivity contribution >= 4 is 11.6 Å². The summed E-state index contributed by atoms with van der Waals surface area (Å²) in [5.41, 5.74) is 1.11. The molecule has 1 amide bonds. The lowest BCUT2D eigenvalue weighted by Gasteiger charge is -2.37. The Bertz CT molecular complexity index is 508. The van der Waals surface area contributed by atoms with Crippen molar-refractivity contribution in [2.45, 2.75) is 19.3 Å². The molecule has 1 heterocycles. The zero-order valence-corrected chi connectivity index (χ0v) is 10.1. The Hall–Kier alpha value is -1.91. The fraction of sp³-hybridized carbons (Fsp3) is 0.417.